The highest BCUT2D eigenvalue weighted by Crippen LogP contribution is 2.22. The van der Waals surface area contributed by atoms with Gasteiger partial charge in [0.15, 0.2) is 0 Å². The van der Waals surface area contributed by atoms with E-state index in [-0.39, 0.29) is 17.9 Å². The summed E-state index contributed by atoms with van der Waals surface area (Å²) in [5, 5.41) is 5.90. The first-order valence-electron chi connectivity index (χ1n) is 10.9. The van der Waals surface area contributed by atoms with Crippen LogP contribution in [0.15, 0.2) is 84.9 Å². The first kappa shape index (κ1) is 21.4. The van der Waals surface area contributed by atoms with Crippen molar-refractivity contribution in [3.8, 4) is 11.5 Å². The van der Waals surface area contributed by atoms with Crippen LogP contribution < -0.4 is 15.4 Å². The van der Waals surface area contributed by atoms with Crippen molar-refractivity contribution in [3.63, 3.8) is 0 Å². The highest BCUT2D eigenvalue weighted by atomic mass is 16.5. The molecule has 0 bridgehead atoms. The topological polar surface area (TPSA) is 70.7 Å². The molecule has 1 aliphatic rings. The fraction of sp³-hybridized carbons (Fsp3) is 0.231. The lowest BCUT2D eigenvalue weighted by atomic mass is 9.97. The number of hydrogen-bond acceptors (Lipinski definition) is 3. The summed E-state index contributed by atoms with van der Waals surface area (Å²) >= 11 is 0. The van der Waals surface area contributed by atoms with Gasteiger partial charge in [-0.05, 0) is 54.8 Å². The number of piperidine rings is 1. The smallest absolute Gasteiger partial charge is 0.321 e. The van der Waals surface area contributed by atoms with Crippen molar-refractivity contribution in [3.05, 3.63) is 90.5 Å². The summed E-state index contributed by atoms with van der Waals surface area (Å²) in [6.07, 6.45) is 1.59. The Labute approximate surface area is 188 Å². The van der Waals surface area contributed by atoms with Gasteiger partial charge in [0, 0.05) is 25.3 Å². The monoisotopic (exact) mass is 429 g/mol. The molecule has 6 nitrogen and oxygen atoms in total. The first-order chi connectivity index (χ1) is 15.7. The molecule has 164 valence electrons. The number of ether oxygens (including phenoxy) is 1. The zero-order valence-corrected chi connectivity index (χ0v) is 17.9. The van der Waals surface area contributed by atoms with Gasteiger partial charge in [-0.3, -0.25) is 4.79 Å². The molecule has 3 amide bonds. The van der Waals surface area contributed by atoms with Crippen LogP contribution in [-0.4, -0.2) is 29.9 Å². The van der Waals surface area contributed by atoms with Crippen LogP contribution >= 0.6 is 0 Å². The number of hydrogen-bond donors (Lipinski definition) is 2. The Morgan fingerprint density at radius 2 is 1.53 bits per heavy atom. The molecule has 0 radical (unpaired) electrons. The van der Waals surface area contributed by atoms with Crippen LogP contribution in [0.25, 0.3) is 0 Å². The minimum Gasteiger partial charge on any atom is -0.457 e. The van der Waals surface area contributed by atoms with Crippen LogP contribution in [-0.2, 0) is 11.3 Å². The SMILES string of the molecule is O=C(NCc1ccc(Oc2ccccc2)cc1)C1CCCN(C(=O)Nc2ccccc2)C1. The highest BCUT2D eigenvalue weighted by Gasteiger charge is 2.28. The van der Waals surface area contributed by atoms with E-state index in [9.17, 15) is 9.59 Å². The lowest BCUT2D eigenvalue weighted by Crippen LogP contribution is -2.46. The maximum absolute atomic E-state index is 12.7. The van der Waals surface area contributed by atoms with E-state index >= 15 is 0 Å². The van der Waals surface area contributed by atoms with Gasteiger partial charge >= 0.3 is 6.03 Å². The van der Waals surface area contributed by atoms with Gasteiger partial charge in [-0.1, -0.05) is 48.5 Å². The lowest BCUT2D eigenvalue weighted by Gasteiger charge is -2.32. The molecule has 4 rings (SSSR count). The van der Waals surface area contributed by atoms with Gasteiger partial charge in [-0.15, -0.1) is 0 Å². The molecule has 1 fully saturated rings. The number of amides is 3. The molecule has 0 spiro atoms. The number of benzene rings is 3. The molecular weight excluding hydrogens is 402 g/mol. The molecule has 1 unspecified atom stereocenters. The van der Waals surface area contributed by atoms with E-state index in [4.69, 9.17) is 4.74 Å². The molecule has 32 heavy (non-hydrogen) atoms. The van der Waals surface area contributed by atoms with Crippen molar-refractivity contribution < 1.29 is 14.3 Å². The maximum Gasteiger partial charge on any atom is 0.321 e. The fourth-order valence-electron chi connectivity index (χ4n) is 3.73. The number of anilines is 1. The van der Waals surface area contributed by atoms with Gasteiger partial charge in [0.05, 0.1) is 5.92 Å². The zero-order chi connectivity index (χ0) is 22.2. The van der Waals surface area contributed by atoms with Crippen molar-refractivity contribution in [2.45, 2.75) is 19.4 Å². The van der Waals surface area contributed by atoms with Crippen molar-refractivity contribution in [1.29, 1.82) is 0 Å². The molecule has 1 saturated heterocycles. The van der Waals surface area contributed by atoms with E-state index in [0.717, 1.165) is 35.6 Å². The van der Waals surface area contributed by atoms with E-state index < -0.39 is 0 Å². The van der Waals surface area contributed by atoms with Crippen LogP contribution in [0.2, 0.25) is 0 Å². The molecule has 0 aliphatic carbocycles. The molecule has 0 saturated carbocycles. The quantitative estimate of drug-likeness (QED) is 0.577. The third-order valence-electron chi connectivity index (χ3n) is 5.47. The molecular formula is C26H27N3O3. The predicted octanol–water partition coefficient (Wildman–Crippen LogP) is 5.04. The second kappa shape index (κ2) is 10.5. The predicted molar refractivity (Wildman–Crippen MR) is 125 cm³/mol. The van der Waals surface area contributed by atoms with E-state index in [0.29, 0.717) is 19.6 Å². The Morgan fingerprint density at radius 3 is 2.25 bits per heavy atom. The van der Waals surface area contributed by atoms with Crippen LogP contribution in [0.1, 0.15) is 18.4 Å². The second-order valence-electron chi connectivity index (χ2n) is 7.86. The summed E-state index contributed by atoms with van der Waals surface area (Å²) in [4.78, 5) is 27.0. The Balaban J connectivity index is 1.26. The molecule has 1 heterocycles. The number of nitrogens with one attached hydrogen (secondary N) is 2. The summed E-state index contributed by atoms with van der Waals surface area (Å²) in [5.41, 5.74) is 1.75. The number of carbonyl (C=O) groups is 2. The summed E-state index contributed by atoms with van der Waals surface area (Å²) in [6, 6.07) is 26.5. The van der Waals surface area contributed by atoms with Gasteiger partial charge in [-0.2, -0.15) is 0 Å². The van der Waals surface area contributed by atoms with Crippen molar-refractivity contribution in [2.75, 3.05) is 18.4 Å². The van der Waals surface area contributed by atoms with Gasteiger partial charge in [0.2, 0.25) is 5.91 Å². The third kappa shape index (κ3) is 5.88. The maximum atomic E-state index is 12.7. The number of rotatable bonds is 6. The van der Waals surface area contributed by atoms with E-state index in [1.54, 1.807) is 4.90 Å². The number of para-hydroxylation sites is 2. The lowest BCUT2D eigenvalue weighted by molar-refractivity contribution is -0.126. The Morgan fingerprint density at radius 1 is 0.875 bits per heavy atom. The molecule has 1 aliphatic heterocycles. The zero-order valence-electron chi connectivity index (χ0n) is 17.9. The summed E-state index contributed by atoms with van der Waals surface area (Å²) in [5.74, 6) is 1.31. The van der Waals surface area contributed by atoms with Gasteiger partial charge in [0.25, 0.3) is 0 Å². The average molecular weight is 430 g/mol. The standard InChI is InChI=1S/C26H27N3O3/c30-25(21-8-7-17-29(19-21)26(31)28-22-9-3-1-4-10-22)27-18-20-13-15-24(16-14-20)32-23-11-5-2-6-12-23/h1-6,9-16,21H,7-8,17-19H2,(H,27,30)(H,28,31). The average Bonchev–Trinajstić information content (AvgIpc) is 2.85. The second-order valence-corrected chi connectivity index (χ2v) is 7.86. The molecule has 2 N–H and O–H groups in total. The largest absolute Gasteiger partial charge is 0.457 e. The molecule has 3 aromatic rings. The molecule has 1 atom stereocenters. The van der Waals surface area contributed by atoms with Crippen molar-refractivity contribution >= 4 is 17.6 Å². The normalized spacial score (nSPS) is 15.6. The number of carbonyl (C=O) groups excluding carboxylic acids is 2. The fourth-order valence-corrected chi connectivity index (χ4v) is 3.73. The number of likely N-dealkylation sites (tertiary alicyclic amines) is 1. The van der Waals surface area contributed by atoms with Crippen LogP contribution in [0.4, 0.5) is 10.5 Å². The van der Waals surface area contributed by atoms with Crippen LogP contribution in [0, 0.1) is 5.92 Å². The van der Waals surface area contributed by atoms with Crippen molar-refractivity contribution in [1.82, 2.24) is 10.2 Å². The first-order valence-corrected chi connectivity index (χ1v) is 10.9. The van der Waals surface area contributed by atoms with Crippen LogP contribution in [0.5, 0.6) is 11.5 Å². The van der Waals surface area contributed by atoms with Gasteiger partial charge in [0.1, 0.15) is 11.5 Å². The van der Waals surface area contributed by atoms with Gasteiger partial charge in [-0.25, -0.2) is 4.79 Å². The number of urea groups is 1. The summed E-state index contributed by atoms with van der Waals surface area (Å²) in [7, 11) is 0. The van der Waals surface area contributed by atoms with Crippen LogP contribution in [0.3, 0.4) is 0 Å². The summed E-state index contributed by atoms with van der Waals surface area (Å²) in [6.45, 7) is 1.52. The summed E-state index contributed by atoms with van der Waals surface area (Å²) < 4.78 is 5.80. The highest BCUT2D eigenvalue weighted by molar-refractivity contribution is 5.90. The minimum atomic E-state index is -0.203. The molecule has 0 aromatic heterocycles. The Hall–Kier alpha value is -3.80. The van der Waals surface area contributed by atoms with Gasteiger partial charge < -0.3 is 20.3 Å². The number of nitrogens with zero attached hydrogens (tertiary/aromatic N) is 1. The molecule has 3 aromatic carbocycles. The van der Waals surface area contributed by atoms with Crippen molar-refractivity contribution in [2.24, 2.45) is 5.92 Å². The Bertz CT molecular complexity index is 1020. The molecule has 6 heteroatoms. The third-order valence-corrected chi connectivity index (χ3v) is 5.47. The van der Waals surface area contributed by atoms with E-state index in [2.05, 4.69) is 10.6 Å². The minimum absolute atomic E-state index is 0.0215. The Kier molecular flexibility index (Phi) is 7.02. The van der Waals surface area contributed by atoms with E-state index in [1.165, 1.54) is 0 Å². The van der Waals surface area contributed by atoms with E-state index in [1.807, 2.05) is 84.9 Å².